The third-order valence-corrected chi connectivity index (χ3v) is 3.96. The van der Waals surface area contributed by atoms with Crippen molar-refractivity contribution in [2.24, 2.45) is 0 Å². The van der Waals surface area contributed by atoms with Crippen LogP contribution in [0.25, 0.3) is 6.08 Å². The van der Waals surface area contributed by atoms with Crippen molar-refractivity contribution in [3.05, 3.63) is 53.6 Å². The van der Waals surface area contributed by atoms with Gasteiger partial charge in [-0.3, -0.25) is 0 Å². The van der Waals surface area contributed by atoms with E-state index in [1.807, 2.05) is 0 Å². The van der Waals surface area contributed by atoms with Gasteiger partial charge in [-0.05, 0) is 35.4 Å². The fourth-order valence-corrected chi connectivity index (χ4v) is 2.53. The quantitative estimate of drug-likeness (QED) is 0.529. The summed E-state index contributed by atoms with van der Waals surface area (Å²) in [7, 11) is 2.89. The number of phenols is 1. The van der Waals surface area contributed by atoms with Crippen LogP contribution in [0.2, 0.25) is 0 Å². The van der Waals surface area contributed by atoms with Crippen LogP contribution in [0, 0.1) is 0 Å². The average molecular weight is 376 g/mol. The molecule has 0 radical (unpaired) electrons. The molecule has 0 fully saturated rings. The Morgan fingerprint density at radius 1 is 0.963 bits per heavy atom. The number of aliphatic hydroxyl groups excluding tert-OH is 3. The third kappa shape index (κ3) is 5.13. The number of phenolic OH excluding ortho intramolecular Hbond substituents is 1. The Balaban J connectivity index is 2.24. The summed E-state index contributed by atoms with van der Waals surface area (Å²) in [5.74, 6) is 0.926. The fourth-order valence-electron chi connectivity index (χ4n) is 2.53. The topological polar surface area (TPSA) is 109 Å². The first-order chi connectivity index (χ1) is 13.0. The minimum absolute atomic E-state index is 0.0527. The van der Waals surface area contributed by atoms with Crippen LogP contribution in [0.5, 0.6) is 23.0 Å². The van der Waals surface area contributed by atoms with Crippen molar-refractivity contribution in [2.75, 3.05) is 27.4 Å². The molecule has 2 rings (SSSR count). The maximum Gasteiger partial charge on any atom is 0.161 e. The summed E-state index contributed by atoms with van der Waals surface area (Å²) in [5, 5.41) is 38.8. The van der Waals surface area contributed by atoms with E-state index in [2.05, 4.69) is 0 Å². The van der Waals surface area contributed by atoms with Gasteiger partial charge in [0.05, 0.1) is 27.4 Å². The van der Waals surface area contributed by atoms with Crippen molar-refractivity contribution in [1.29, 1.82) is 0 Å². The lowest BCUT2D eigenvalue weighted by molar-refractivity contribution is -0.000515. The lowest BCUT2D eigenvalue weighted by Gasteiger charge is -2.24. The number of aromatic hydroxyl groups is 1. The maximum atomic E-state index is 10.6. The Kier molecular flexibility index (Phi) is 7.48. The van der Waals surface area contributed by atoms with Gasteiger partial charge in [-0.15, -0.1) is 0 Å². The first-order valence-corrected chi connectivity index (χ1v) is 8.32. The molecule has 2 atom stereocenters. The molecule has 0 heterocycles. The first kappa shape index (κ1) is 20.6. The molecule has 0 aromatic heterocycles. The van der Waals surface area contributed by atoms with E-state index in [-0.39, 0.29) is 18.1 Å². The molecule has 0 aliphatic carbocycles. The van der Waals surface area contributed by atoms with Crippen molar-refractivity contribution in [3.8, 4) is 23.0 Å². The number of ether oxygens (including phenoxy) is 3. The zero-order valence-electron chi connectivity index (χ0n) is 15.2. The van der Waals surface area contributed by atoms with Crippen LogP contribution in [0.4, 0.5) is 0 Å². The average Bonchev–Trinajstić information content (AvgIpc) is 2.70. The van der Waals surface area contributed by atoms with Crippen LogP contribution < -0.4 is 14.2 Å². The summed E-state index contributed by atoms with van der Waals surface area (Å²) in [6.45, 7) is -0.519. The molecule has 0 amide bonds. The van der Waals surface area contributed by atoms with E-state index in [1.165, 1.54) is 32.4 Å². The van der Waals surface area contributed by atoms with Crippen LogP contribution in [-0.2, 0) is 0 Å². The second-order valence-electron chi connectivity index (χ2n) is 5.71. The molecule has 0 saturated heterocycles. The van der Waals surface area contributed by atoms with Crippen LogP contribution >= 0.6 is 0 Å². The second-order valence-corrected chi connectivity index (χ2v) is 5.71. The molecule has 7 heteroatoms. The zero-order chi connectivity index (χ0) is 19.8. The van der Waals surface area contributed by atoms with Gasteiger partial charge in [-0.25, -0.2) is 0 Å². The Morgan fingerprint density at radius 3 is 2.33 bits per heavy atom. The zero-order valence-corrected chi connectivity index (χ0v) is 15.2. The minimum Gasteiger partial charge on any atom is -0.504 e. The lowest BCUT2D eigenvalue weighted by atomic mass is 10.0. The van der Waals surface area contributed by atoms with Gasteiger partial charge in [0, 0.05) is 0 Å². The van der Waals surface area contributed by atoms with E-state index >= 15 is 0 Å². The SMILES string of the molecule is COc1cc([C@H](O)[C@H](CO)Oc2ccc(/C=C/CO)cc2OC)ccc1O. The summed E-state index contributed by atoms with van der Waals surface area (Å²) >= 11 is 0. The smallest absolute Gasteiger partial charge is 0.161 e. The van der Waals surface area contributed by atoms with Gasteiger partial charge in [-0.2, -0.15) is 0 Å². The van der Waals surface area contributed by atoms with Gasteiger partial charge >= 0.3 is 0 Å². The molecule has 0 bridgehead atoms. The predicted octanol–water partition coefficient (Wildman–Crippen LogP) is 1.89. The fraction of sp³-hybridized carbons (Fsp3) is 0.300. The number of hydrogen-bond acceptors (Lipinski definition) is 7. The van der Waals surface area contributed by atoms with Crippen molar-refractivity contribution >= 4 is 6.08 Å². The van der Waals surface area contributed by atoms with E-state index in [4.69, 9.17) is 19.3 Å². The molecule has 0 aliphatic rings. The Morgan fingerprint density at radius 2 is 1.70 bits per heavy atom. The largest absolute Gasteiger partial charge is 0.504 e. The van der Waals surface area contributed by atoms with Crippen LogP contribution in [-0.4, -0.2) is 54.0 Å². The van der Waals surface area contributed by atoms with Crippen LogP contribution in [0.15, 0.2) is 42.5 Å². The number of aliphatic hydroxyl groups is 3. The van der Waals surface area contributed by atoms with Crippen molar-refractivity contribution in [1.82, 2.24) is 0 Å². The highest BCUT2D eigenvalue weighted by molar-refractivity contribution is 5.56. The summed E-state index contributed by atoms with van der Waals surface area (Å²) in [4.78, 5) is 0. The molecule has 0 aliphatic heterocycles. The van der Waals surface area contributed by atoms with Gasteiger partial charge in [0.1, 0.15) is 6.10 Å². The number of hydrogen-bond donors (Lipinski definition) is 4. The Labute approximate surface area is 157 Å². The predicted molar refractivity (Wildman–Crippen MR) is 100 cm³/mol. The molecule has 4 N–H and O–H groups in total. The molecule has 2 aromatic carbocycles. The van der Waals surface area contributed by atoms with Crippen LogP contribution in [0.1, 0.15) is 17.2 Å². The molecule has 146 valence electrons. The van der Waals surface area contributed by atoms with Crippen molar-refractivity contribution < 1.29 is 34.6 Å². The molecule has 2 aromatic rings. The molecule has 27 heavy (non-hydrogen) atoms. The standard InChI is InChI=1S/C20H24O7/c1-25-17-11-14(6-7-15(17)23)20(24)19(12-22)27-16-8-5-13(4-3-9-21)10-18(16)26-2/h3-8,10-11,19-24H,9,12H2,1-2H3/b4-3+/t19-,20-/m0/s1. The maximum absolute atomic E-state index is 10.6. The van der Waals surface area contributed by atoms with E-state index in [0.717, 1.165) is 5.56 Å². The highest BCUT2D eigenvalue weighted by Crippen LogP contribution is 2.34. The van der Waals surface area contributed by atoms with Crippen LogP contribution in [0.3, 0.4) is 0 Å². The highest BCUT2D eigenvalue weighted by atomic mass is 16.5. The monoisotopic (exact) mass is 376 g/mol. The van der Waals surface area contributed by atoms with E-state index in [9.17, 15) is 15.3 Å². The second kappa shape index (κ2) is 9.82. The van der Waals surface area contributed by atoms with Crippen molar-refractivity contribution in [2.45, 2.75) is 12.2 Å². The van der Waals surface area contributed by atoms with Gasteiger partial charge in [-0.1, -0.05) is 24.3 Å². The van der Waals surface area contributed by atoms with E-state index < -0.39 is 18.8 Å². The molecule has 0 spiro atoms. The van der Waals surface area contributed by atoms with Gasteiger partial charge in [0.2, 0.25) is 0 Å². The Bertz CT molecular complexity index is 773. The highest BCUT2D eigenvalue weighted by Gasteiger charge is 2.24. The van der Waals surface area contributed by atoms with Gasteiger partial charge in [0.15, 0.2) is 29.1 Å². The van der Waals surface area contributed by atoms with Gasteiger partial charge < -0.3 is 34.6 Å². The Hall–Kier alpha value is -2.74. The minimum atomic E-state index is -1.16. The molecular formula is C20H24O7. The summed E-state index contributed by atoms with van der Waals surface area (Å²) < 4.78 is 16.1. The van der Waals surface area contributed by atoms with E-state index in [1.54, 1.807) is 30.4 Å². The summed E-state index contributed by atoms with van der Waals surface area (Å²) in [5.41, 5.74) is 1.22. The molecule has 7 nitrogen and oxygen atoms in total. The van der Waals surface area contributed by atoms with Crippen molar-refractivity contribution in [3.63, 3.8) is 0 Å². The summed E-state index contributed by atoms with van der Waals surface area (Å²) in [6.07, 6.45) is 1.19. The number of rotatable bonds is 9. The summed E-state index contributed by atoms with van der Waals surface area (Å²) in [6, 6.07) is 9.53. The van der Waals surface area contributed by atoms with E-state index in [0.29, 0.717) is 17.1 Å². The third-order valence-electron chi connectivity index (χ3n) is 3.96. The normalized spacial score (nSPS) is 13.4. The molecule has 0 unspecified atom stereocenters. The number of benzene rings is 2. The molecule has 0 saturated carbocycles. The van der Waals surface area contributed by atoms with Gasteiger partial charge in [0.25, 0.3) is 0 Å². The lowest BCUT2D eigenvalue weighted by Crippen LogP contribution is -2.29. The first-order valence-electron chi connectivity index (χ1n) is 8.32. The molecular weight excluding hydrogens is 352 g/mol. The number of methoxy groups -OCH3 is 2.